The summed E-state index contributed by atoms with van der Waals surface area (Å²) in [5, 5.41) is 1.48. The molecule has 0 N–H and O–H groups in total. The normalized spacial score (nSPS) is 38.9. The van der Waals surface area contributed by atoms with Crippen LogP contribution in [0.3, 0.4) is 0 Å². The van der Waals surface area contributed by atoms with Crippen LogP contribution < -0.4 is 0 Å². The number of fused-ring (bicyclic) bond motifs is 2. The Morgan fingerprint density at radius 3 is 2.70 bits per heavy atom. The molecule has 5 unspecified atom stereocenters. The summed E-state index contributed by atoms with van der Waals surface area (Å²) in [6, 6.07) is 10.3. The third-order valence-corrected chi connectivity index (χ3v) is 6.25. The molecule has 27 heavy (non-hydrogen) atoms. The fraction of sp³-hybridized carbons (Fsp3) is 0.650. The maximum atomic E-state index is 12.2. The summed E-state index contributed by atoms with van der Waals surface area (Å²) in [7, 11) is 2.87. The maximum Gasteiger partial charge on any atom is 0.337 e. The molecule has 1 aromatic rings. The highest BCUT2D eigenvalue weighted by molar-refractivity contribution is 5.75. The standard InChI is InChI=1S/C20H27NO6/c1-19-13-16(18(22)23-2)25-21(19)26-20(27-24-3)12-8-7-11-15(20)17(19)14-9-5-4-6-10-14/h4-6,9-10,15-17H,7-8,11-13H2,1-3H3. The van der Waals surface area contributed by atoms with Crippen molar-refractivity contribution in [1.82, 2.24) is 5.23 Å². The third-order valence-electron chi connectivity index (χ3n) is 6.25. The monoisotopic (exact) mass is 377 g/mol. The van der Waals surface area contributed by atoms with Crippen LogP contribution in [0.25, 0.3) is 0 Å². The van der Waals surface area contributed by atoms with Gasteiger partial charge in [0.05, 0.1) is 19.8 Å². The fourth-order valence-electron chi connectivity index (χ4n) is 5.11. The highest BCUT2D eigenvalue weighted by atomic mass is 17.2. The summed E-state index contributed by atoms with van der Waals surface area (Å²) < 4.78 is 4.92. The quantitative estimate of drug-likeness (QED) is 0.454. The number of hydrogen-bond acceptors (Lipinski definition) is 7. The highest BCUT2D eigenvalue weighted by Crippen LogP contribution is 2.59. The van der Waals surface area contributed by atoms with E-state index in [4.69, 9.17) is 24.2 Å². The number of rotatable bonds is 4. The van der Waals surface area contributed by atoms with Crippen LogP contribution in [-0.2, 0) is 29.0 Å². The fourth-order valence-corrected chi connectivity index (χ4v) is 5.11. The molecule has 5 atom stereocenters. The predicted octanol–water partition coefficient (Wildman–Crippen LogP) is 3.12. The molecular weight excluding hydrogens is 350 g/mol. The van der Waals surface area contributed by atoms with Crippen LogP contribution in [0.1, 0.15) is 50.5 Å². The van der Waals surface area contributed by atoms with Crippen LogP contribution in [0, 0.1) is 5.92 Å². The number of nitrogens with zero attached hydrogens (tertiary/aromatic N) is 1. The molecule has 0 spiro atoms. The molecule has 3 aliphatic rings. The molecule has 0 bridgehead atoms. The Balaban J connectivity index is 1.79. The largest absolute Gasteiger partial charge is 0.467 e. The molecule has 2 aliphatic heterocycles. The van der Waals surface area contributed by atoms with E-state index in [-0.39, 0.29) is 11.8 Å². The molecule has 0 amide bonds. The van der Waals surface area contributed by atoms with E-state index in [0.29, 0.717) is 12.8 Å². The first-order valence-corrected chi connectivity index (χ1v) is 9.55. The van der Waals surface area contributed by atoms with Gasteiger partial charge in [0.15, 0.2) is 6.10 Å². The van der Waals surface area contributed by atoms with Gasteiger partial charge >= 0.3 is 5.97 Å². The van der Waals surface area contributed by atoms with E-state index in [2.05, 4.69) is 19.1 Å². The first kappa shape index (κ1) is 18.8. The van der Waals surface area contributed by atoms with Gasteiger partial charge in [-0.25, -0.2) is 14.5 Å². The van der Waals surface area contributed by atoms with Crippen LogP contribution in [0.5, 0.6) is 0 Å². The number of esters is 1. The summed E-state index contributed by atoms with van der Waals surface area (Å²) in [6.07, 6.45) is 3.52. The summed E-state index contributed by atoms with van der Waals surface area (Å²) >= 11 is 0. The van der Waals surface area contributed by atoms with Gasteiger partial charge in [0, 0.05) is 24.7 Å². The van der Waals surface area contributed by atoms with Crippen LogP contribution >= 0.6 is 0 Å². The zero-order chi connectivity index (χ0) is 19.1. The van der Waals surface area contributed by atoms with Gasteiger partial charge in [-0.2, -0.15) is 4.89 Å². The second-order valence-corrected chi connectivity index (χ2v) is 7.83. The van der Waals surface area contributed by atoms with E-state index in [0.717, 1.165) is 19.3 Å². The van der Waals surface area contributed by atoms with E-state index in [1.807, 2.05) is 18.2 Å². The second-order valence-electron chi connectivity index (χ2n) is 7.83. The van der Waals surface area contributed by atoms with Crippen molar-refractivity contribution in [3.63, 3.8) is 0 Å². The molecule has 4 rings (SSSR count). The molecule has 2 saturated heterocycles. The lowest BCUT2D eigenvalue weighted by molar-refractivity contribution is -0.556. The average molecular weight is 377 g/mol. The number of hydrogen-bond donors (Lipinski definition) is 0. The van der Waals surface area contributed by atoms with Crippen molar-refractivity contribution in [2.24, 2.45) is 5.92 Å². The van der Waals surface area contributed by atoms with Gasteiger partial charge in [-0.15, -0.1) is 0 Å². The van der Waals surface area contributed by atoms with Crippen LogP contribution in [0.2, 0.25) is 0 Å². The van der Waals surface area contributed by atoms with Crippen molar-refractivity contribution < 1.29 is 29.0 Å². The molecule has 1 saturated carbocycles. The number of ether oxygens (including phenoxy) is 1. The minimum atomic E-state index is -0.933. The topological polar surface area (TPSA) is 66.5 Å². The summed E-state index contributed by atoms with van der Waals surface area (Å²) in [6.45, 7) is 2.08. The van der Waals surface area contributed by atoms with Gasteiger partial charge in [-0.1, -0.05) is 42.0 Å². The number of carbonyl (C=O) groups is 1. The minimum absolute atomic E-state index is 0.0533. The molecule has 3 fully saturated rings. The van der Waals surface area contributed by atoms with Gasteiger partial charge in [0.25, 0.3) is 0 Å². The Bertz CT molecular complexity index is 680. The lowest BCUT2D eigenvalue weighted by atomic mass is 9.63. The van der Waals surface area contributed by atoms with E-state index in [1.54, 1.807) is 0 Å². The zero-order valence-electron chi connectivity index (χ0n) is 16.1. The zero-order valence-corrected chi connectivity index (χ0v) is 16.1. The summed E-state index contributed by atoms with van der Waals surface area (Å²) in [5.41, 5.74) is 0.654. The SMILES string of the molecule is COOC12CCCCC1C(c1ccccc1)C1(C)CC(C(=O)OC)ON1O2. The molecule has 0 radical (unpaired) electrons. The smallest absolute Gasteiger partial charge is 0.337 e. The van der Waals surface area contributed by atoms with Crippen molar-refractivity contribution in [3.05, 3.63) is 35.9 Å². The Labute approximate surface area is 159 Å². The molecule has 7 nitrogen and oxygen atoms in total. The Morgan fingerprint density at radius 1 is 1.22 bits per heavy atom. The number of carbonyl (C=O) groups excluding carboxylic acids is 1. The number of benzene rings is 1. The molecule has 148 valence electrons. The van der Waals surface area contributed by atoms with E-state index >= 15 is 0 Å². The van der Waals surface area contributed by atoms with Gasteiger partial charge in [-0.3, -0.25) is 4.84 Å². The van der Waals surface area contributed by atoms with Gasteiger partial charge < -0.3 is 4.74 Å². The van der Waals surface area contributed by atoms with Gasteiger partial charge in [0.1, 0.15) is 0 Å². The van der Waals surface area contributed by atoms with Crippen molar-refractivity contribution in [2.75, 3.05) is 14.2 Å². The molecular formula is C20H27NO6. The Hall–Kier alpha value is -1.51. The van der Waals surface area contributed by atoms with Crippen LogP contribution in [-0.4, -0.2) is 42.8 Å². The highest BCUT2D eigenvalue weighted by Gasteiger charge is 2.66. The Kier molecular flexibility index (Phi) is 4.98. The molecule has 1 aromatic carbocycles. The average Bonchev–Trinajstić information content (AvgIpc) is 3.02. The summed E-state index contributed by atoms with van der Waals surface area (Å²) in [4.78, 5) is 35.2. The first-order valence-electron chi connectivity index (χ1n) is 9.55. The Morgan fingerprint density at radius 2 is 2.00 bits per heavy atom. The summed E-state index contributed by atoms with van der Waals surface area (Å²) in [5.74, 6) is -1.20. The van der Waals surface area contributed by atoms with Gasteiger partial charge in [0.2, 0.25) is 5.79 Å². The van der Waals surface area contributed by atoms with Crippen molar-refractivity contribution in [1.29, 1.82) is 0 Å². The molecule has 7 heteroatoms. The van der Waals surface area contributed by atoms with Crippen molar-refractivity contribution in [3.8, 4) is 0 Å². The maximum absolute atomic E-state index is 12.2. The lowest BCUT2D eigenvalue weighted by Gasteiger charge is -2.56. The van der Waals surface area contributed by atoms with Crippen molar-refractivity contribution in [2.45, 2.75) is 62.4 Å². The third kappa shape index (κ3) is 2.98. The van der Waals surface area contributed by atoms with E-state index in [9.17, 15) is 4.79 Å². The number of hydroxylamine groups is 2. The van der Waals surface area contributed by atoms with E-state index < -0.39 is 23.4 Å². The van der Waals surface area contributed by atoms with Crippen LogP contribution in [0.15, 0.2) is 30.3 Å². The predicted molar refractivity (Wildman–Crippen MR) is 94.8 cm³/mol. The molecule has 1 aliphatic carbocycles. The van der Waals surface area contributed by atoms with Crippen LogP contribution in [0.4, 0.5) is 0 Å². The number of methoxy groups -OCH3 is 1. The van der Waals surface area contributed by atoms with E-state index in [1.165, 1.54) is 25.0 Å². The minimum Gasteiger partial charge on any atom is -0.467 e. The molecule has 0 aromatic heterocycles. The lowest BCUT2D eigenvalue weighted by Crippen LogP contribution is -2.64. The van der Waals surface area contributed by atoms with Crippen molar-refractivity contribution >= 4 is 5.97 Å². The molecule has 2 heterocycles. The van der Waals surface area contributed by atoms with Gasteiger partial charge in [-0.05, 0) is 25.3 Å². The second kappa shape index (κ2) is 7.14. The first-order chi connectivity index (χ1) is 13.0.